The molecule has 0 bridgehead atoms. The zero-order valence-corrected chi connectivity index (χ0v) is 11.2. The van der Waals surface area contributed by atoms with Crippen LogP contribution < -0.4 is 5.73 Å². The molecule has 3 atom stereocenters. The van der Waals surface area contributed by atoms with Crippen LogP contribution in [-0.2, 0) is 0 Å². The van der Waals surface area contributed by atoms with Crippen molar-refractivity contribution >= 4 is 0 Å². The van der Waals surface area contributed by atoms with E-state index in [1.54, 1.807) is 0 Å². The molecule has 0 aromatic carbocycles. The van der Waals surface area contributed by atoms with Crippen LogP contribution in [0.3, 0.4) is 0 Å². The molecule has 1 aliphatic carbocycles. The molecule has 0 aromatic heterocycles. The van der Waals surface area contributed by atoms with Gasteiger partial charge in [0.15, 0.2) is 0 Å². The van der Waals surface area contributed by atoms with E-state index in [-0.39, 0.29) is 5.54 Å². The minimum Gasteiger partial charge on any atom is -0.329 e. The average molecular weight is 225 g/mol. The van der Waals surface area contributed by atoms with Crippen LogP contribution in [0.15, 0.2) is 0 Å². The number of nitrogens with zero attached hydrogens (tertiary/aromatic N) is 2. The SMILES string of the molecule is CC1CN(C(C)(CN)C2CC2)CC1N(C)C. The molecule has 3 nitrogen and oxygen atoms in total. The van der Waals surface area contributed by atoms with E-state index in [1.165, 1.54) is 25.9 Å². The lowest BCUT2D eigenvalue weighted by atomic mass is 9.94. The Morgan fingerprint density at radius 1 is 1.31 bits per heavy atom. The van der Waals surface area contributed by atoms with Gasteiger partial charge in [-0.05, 0) is 45.7 Å². The summed E-state index contributed by atoms with van der Waals surface area (Å²) in [6, 6.07) is 0.699. The Balaban J connectivity index is 2.06. The lowest BCUT2D eigenvalue weighted by Crippen LogP contribution is -2.53. The third kappa shape index (κ3) is 2.01. The predicted molar refractivity (Wildman–Crippen MR) is 68.4 cm³/mol. The molecule has 1 saturated carbocycles. The van der Waals surface area contributed by atoms with Crippen LogP contribution >= 0.6 is 0 Å². The molecular formula is C13H27N3. The molecule has 2 fully saturated rings. The van der Waals surface area contributed by atoms with Crippen LogP contribution in [0.4, 0.5) is 0 Å². The number of hydrogen-bond donors (Lipinski definition) is 1. The van der Waals surface area contributed by atoms with Gasteiger partial charge in [0.1, 0.15) is 0 Å². The van der Waals surface area contributed by atoms with Crippen molar-refractivity contribution in [1.82, 2.24) is 9.80 Å². The number of likely N-dealkylation sites (N-methyl/N-ethyl adjacent to an activating group) is 1. The van der Waals surface area contributed by atoms with E-state index in [0.717, 1.165) is 18.4 Å². The monoisotopic (exact) mass is 225 g/mol. The maximum atomic E-state index is 6.04. The van der Waals surface area contributed by atoms with Crippen molar-refractivity contribution < 1.29 is 0 Å². The fourth-order valence-electron chi connectivity index (χ4n) is 3.30. The standard InChI is InChI=1S/C13H27N3/c1-10-7-16(8-12(10)15(3)4)13(2,9-14)11-5-6-11/h10-12H,5-9,14H2,1-4H3. The van der Waals surface area contributed by atoms with Crippen molar-refractivity contribution in [2.75, 3.05) is 33.7 Å². The van der Waals surface area contributed by atoms with E-state index in [9.17, 15) is 0 Å². The normalized spacial score (nSPS) is 35.6. The second-order valence-corrected chi connectivity index (χ2v) is 6.25. The zero-order valence-electron chi connectivity index (χ0n) is 11.2. The van der Waals surface area contributed by atoms with E-state index in [1.807, 2.05) is 0 Å². The first kappa shape index (κ1) is 12.3. The molecule has 3 unspecified atom stereocenters. The Morgan fingerprint density at radius 2 is 1.94 bits per heavy atom. The highest BCUT2D eigenvalue weighted by atomic mass is 15.3. The molecular weight excluding hydrogens is 198 g/mol. The number of rotatable bonds is 4. The minimum absolute atomic E-state index is 0.263. The Morgan fingerprint density at radius 3 is 2.31 bits per heavy atom. The fourth-order valence-corrected chi connectivity index (χ4v) is 3.30. The van der Waals surface area contributed by atoms with Crippen molar-refractivity contribution in [3.8, 4) is 0 Å². The third-order valence-corrected chi connectivity index (χ3v) is 4.83. The van der Waals surface area contributed by atoms with Crippen molar-refractivity contribution in [2.45, 2.75) is 38.3 Å². The van der Waals surface area contributed by atoms with Gasteiger partial charge in [0, 0.05) is 31.2 Å². The Hall–Kier alpha value is -0.120. The van der Waals surface area contributed by atoms with Gasteiger partial charge < -0.3 is 10.6 Å². The van der Waals surface area contributed by atoms with Crippen LogP contribution in [-0.4, -0.2) is 55.1 Å². The molecule has 0 aromatic rings. The Kier molecular flexibility index (Phi) is 3.30. The van der Waals surface area contributed by atoms with Crippen LogP contribution in [0.25, 0.3) is 0 Å². The van der Waals surface area contributed by atoms with Crippen molar-refractivity contribution in [3.05, 3.63) is 0 Å². The summed E-state index contributed by atoms with van der Waals surface area (Å²) in [6.45, 7) is 7.96. The highest BCUT2D eigenvalue weighted by molar-refractivity contribution is 5.04. The van der Waals surface area contributed by atoms with Gasteiger partial charge in [0.25, 0.3) is 0 Å². The highest BCUT2D eigenvalue weighted by Gasteiger charge is 2.48. The summed E-state index contributed by atoms with van der Waals surface area (Å²) in [5.41, 5.74) is 6.30. The van der Waals surface area contributed by atoms with Gasteiger partial charge in [-0.3, -0.25) is 4.90 Å². The smallest absolute Gasteiger partial charge is 0.0332 e. The molecule has 2 N–H and O–H groups in total. The largest absolute Gasteiger partial charge is 0.329 e. The van der Waals surface area contributed by atoms with Crippen molar-refractivity contribution in [1.29, 1.82) is 0 Å². The Labute approximate surface area is 100.0 Å². The summed E-state index contributed by atoms with van der Waals surface area (Å²) >= 11 is 0. The van der Waals surface area contributed by atoms with Crippen LogP contribution in [0, 0.1) is 11.8 Å². The summed E-state index contributed by atoms with van der Waals surface area (Å²) in [7, 11) is 4.39. The van der Waals surface area contributed by atoms with Crippen molar-refractivity contribution in [2.24, 2.45) is 17.6 Å². The molecule has 0 spiro atoms. The summed E-state index contributed by atoms with van der Waals surface area (Å²) in [4.78, 5) is 5.02. The topological polar surface area (TPSA) is 32.5 Å². The summed E-state index contributed by atoms with van der Waals surface area (Å²) < 4.78 is 0. The van der Waals surface area contributed by atoms with E-state index >= 15 is 0 Å². The lowest BCUT2D eigenvalue weighted by Gasteiger charge is -2.39. The third-order valence-electron chi connectivity index (χ3n) is 4.83. The van der Waals surface area contributed by atoms with Gasteiger partial charge in [-0.15, -0.1) is 0 Å². The lowest BCUT2D eigenvalue weighted by molar-refractivity contribution is 0.108. The predicted octanol–water partition coefficient (Wildman–Crippen LogP) is 0.996. The summed E-state index contributed by atoms with van der Waals surface area (Å²) in [5, 5.41) is 0. The van der Waals surface area contributed by atoms with Gasteiger partial charge >= 0.3 is 0 Å². The number of likely N-dealkylation sites (tertiary alicyclic amines) is 1. The van der Waals surface area contributed by atoms with E-state index in [4.69, 9.17) is 5.73 Å². The van der Waals surface area contributed by atoms with E-state index in [0.29, 0.717) is 6.04 Å². The quantitative estimate of drug-likeness (QED) is 0.774. The summed E-state index contributed by atoms with van der Waals surface area (Å²) in [6.07, 6.45) is 2.76. The maximum Gasteiger partial charge on any atom is 0.0332 e. The van der Waals surface area contributed by atoms with Crippen LogP contribution in [0.2, 0.25) is 0 Å². The second-order valence-electron chi connectivity index (χ2n) is 6.25. The molecule has 16 heavy (non-hydrogen) atoms. The highest BCUT2D eigenvalue weighted by Crippen LogP contribution is 2.44. The Bertz CT molecular complexity index is 250. The van der Waals surface area contributed by atoms with Crippen molar-refractivity contribution in [3.63, 3.8) is 0 Å². The first-order valence-electron chi connectivity index (χ1n) is 6.60. The molecule has 1 heterocycles. The second kappa shape index (κ2) is 4.28. The van der Waals surface area contributed by atoms with Gasteiger partial charge in [0.2, 0.25) is 0 Å². The minimum atomic E-state index is 0.263. The van der Waals surface area contributed by atoms with Gasteiger partial charge in [-0.25, -0.2) is 0 Å². The first-order valence-corrected chi connectivity index (χ1v) is 6.60. The molecule has 1 aliphatic heterocycles. The van der Waals surface area contributed by atoms with Gasteiger partial charge in [0.05, 0.1) is 0 Å². The van der Waals surface area contributed by atoms with E-state index < -0.39 is 0 Å². The summed E-state index contributed by atoms with van der Waals surface area (Å²) in [5.74, 6) is 1.62. The van der Waals surface area contributed by atoms with Crippen LogP contribution in [0.1, 0.15) is 26.7 Å². The van der Waals surface area contributed by atoms with Crippen LogP contribution in [0.5, 0.6) is 0 Å². The zero-order chi connectivity index (χ0) is 11.9. The number of nitrogens with two attached hydrogens (primary N) is 1. The first-order chi connectivity index (χ1) is 7.49. The molecule has 2 rings (SSSR count). The van der Waals surface area contributed by atoms with E-state index in [2.05, 4.69) is 37.7 Å². The molecule has 0 radical (unpaired) electrons. The number of hydrogen-bond acceptors (Lipinski definition) is 3. The maximum absolute atomic E-state index is 6.04. The molecule has 1 saturated heterocycles. The van der Waals surface area contributed by atoms with Gasteiger partial charge in [-0.2, -0.15) is 0 Å². The molecule has 2 aliphatic rings. The van der Waals surface area contributed by atoms with Gasteiger partial charge in [-0.1, -0.05) is 6.92 Å². The average Bonchev–Trinajstić information content (AvgIpc) is 3.00. The molecule has 3 heteroatoms. The molecule has 94 valence electrons. The fraction of sp³-hybridized carbons (Fsp3) is 1.00. The molecule has 0 amide bonds.